The van der Waals surface area contributed by atoms with Gasteiger partial charge in [-0.15, -0.1) is 0 Å². The second kappa shape index (κ2) is 10.2. The van der Waals surface area contributed by atoms with Gasteiger partial charge in [0.2, 0.25) is 5.91 Å². The van der Waals surface area contributed by atoms with Gasteiger partial charge in [-0.2, -0.15) is 5.26 Å². The van der Waals surface area contributed by atoms with E-state index < -0.39 is 0 Å². The van der Waals surface area contributed by atoms with Gasteiger partial charge in [0.1, 0.15) is 0 Å². The molecule has 2 rings (SSSR count). The number of benzene rings is 1. The molecule has 0 bridgehead atoms. The fourth-order valence-electron chi connectivity index (χ4n) is 2.83. The molecule has 0 aliphatic carbocycles. The molecule has 1 amide bonds. The zero-order chi connectivity index (χ0) is 19.8. The van der Waals surface area contributed by atoms with Gasteiger partial charge >= 0.3 is 5.97 Å². The molecule has 1 aliphatic rings. The number of carbonyl (C=O) groups is 2. The third kappa shape index (κ3) is 5.86. The van der Waals surface area contributed by atoms with Crippen LogP contribution in [0.5, 0.6) is 0 Å². The van der Waals surface area contributed by atoms with Crippen LogP contribution in [0.2, 0.25) is 0 Å². The highest BCUT2D eigenvalue weighted by molar-refractivity contribution is 8.03. The van der Waals surface area contributed by atoms with Gasteiger partial charge in [-0.3, -0.25) is 9.59 Å². The number of thioether (sulfide) groups is 1. The summed E-state index contributed by atoms with van der Waals surface area (Å²) in [4.78, 5) is 24.0. The summed E-state index contributed by atoms with van der Waals surface area (Å²) in [5.74, 6) is -0.276. The highest BCUT2D eigenvalue weighted by atomic mass is 32.2. The van der Waals surface area contributed by atoms with Crippen LogP contribution in [-0.4, -0.2) is 24.2 Å². The van der Waals surface area contributed by atoms with Crippen molar-refractivity contribution < 1.29 is 14.3 Å². The van der Waals surface area contributed by atoms with E-state index in [9.17, 15) is 14.9 Å². The topological polar surface area (TPSA) is 79.2 Å². The van der Waals surface area contributed by atoms with Crippen molar-refractivity contribution in [2.24, 2.45) is 0 Å². The van der Waals surface area contributed by atoms with Crippen molar-refractivity contribution in [2.75, 3.05) is 12.4 Å². The molecule has 1 unspecified atom stereocenters. The predicted molar refractivity (Wildman–Crippen MR) is 107 cm³/mol. The Kier molecular flexibility index (Phi) is 7.93. The number of nitriles is 1. The Morgan fingerprint density at radius 2 is 2.07 bits per heavy atom. The Morgan fingerprint density at radius 1 is 1.37 bits per heavy atom. The second-order valence-electron chi connectivity index (χ2n) is 6.84. The molecule has 0 spiro atoms. The van der Waals surface area contributed by atoms with Crippen LogP contribution in [-0.2, 0) is 14.3 Å². The maximum atomic E-state index is 12.2. The number of rotatable bonds is 8. The number of hydrogen-bond donors (Lipinski definition) is 1. The van der Waals surface area contributed by atoms with Crippen LogP contribution in [0.3, 0.4) is 0 Å². The molecular formula is C21H26N2O3S. The Hall–Kier alpha value is -2.26. The average molecular weight is 387 g/mol. The number of unbranched alkanes of at least 4 members (excludes halogenated alkanes) is 1. The molecular weight excluding hydrogens is 360 g/mol. The van der Waals surface area contributed by atoms with Gasteiger partial charge in [0.25, 0.3) is 0 Å². The first-order valence-electron chi connectivity index (χ1n) is 9.28. The molecule has 1 N–H and O–H groups in total. The van der Waals surface area contributed by atoms with Crippen molar-refractivity contribution in [1.29, 1.82) is 5.26 Å². The lowest BCUT2D eigenvalue weighted by Gasteiger charge is -2.25. The number of carbonyl (C=O) groups excluding carboxylic acids is 2. The zero-order valence-electron chi connectivity index (χ0n) is 16.1. The first kappa shape index (κ1) is 21.0. The maximum Gasteiger partial charge on any atom is 0.316 e. The molecule has 5 nitrogen and oxygen atoms in total. The summed E-state index contributed by atoms with van der Waals surface area (Å²) in [7, 11) is 0. The predicted octanol–water partition coefficient (Wildman–Crippen LogP) is 4.23. The summed E-state index contributed by atoms with van der Waals surface area (Å²) in [6, 6.07) is 10.3. The Balaban J connectivity index is 2.15. The quantitative estimate of drug-likeness (QED) is 0.534. The Labute approximate surface area is 165 Å². The van der Waals surface area contributed by atoms with Crippen LogP contribution >= 0.6 is 11.8 Å². The van der Waals surface area contributed by atoms with Crippen molar-refractivity contribution in [3.8, 4) is 6.07 Å². The van der Waals surface area contributed by atoms with Crippen molar-refractivity contribution in [3.63, 3.8) is 0 Å². The van der Waals surface area contributed by atoms with E-state index in [1.165, 1.54) is 5.56 Å². The summed E-state index contributed by atoms with van der Waals surface area (Å²) in [5.41, 5.74) is 2.65. The monoisotopic (exact) mass is 386 g/mol. The minimum Gasteiger partial charge on any atom is -0.465 e. The van der Waals surface area contributed by atoms with Crippen molar-refractivity contribution in [3.05, 3.63) is 46.0 Å². The Bertz CT molecular complexity index is 748. The van der Waals surface area contributed by atoms with E-state index in [-0.39, 0.29) is 30.0 Å². The summed E-state index contributed by atoms with van der Waals surface area (Å²) < 4.78 is 5.14. The number of esters is 1. The number of ether oxygens (including phenoxy) is 1. The van der Waals surface area contributed by atoms with E-state index in [1.807, 2.05) is 31.2 Å². The van der Waals surface area contributed by atoms with Crippen LogP contribution < -0.4 is 5.32 Å². The van der Waals surface area contributed by atoms with Gasteiger partial charge in [0.05, 0.1) is 29.0 Å². The van der Waals surface area contributed by atoms with Gasteiger partial charge in [-0.1, -0.05) is 63.2 Å². The van der Waals surface area contributed by atoms with Gasteiger partial charge in [-0.25, -0.2) is 0 Å². The van der Waals surface area contributed by atoms with Crippen LogP contribution in [0.1, 0.15) is 63.0 Å². The highest BCUT2D eigenvalue weighted by Gasteiger charge is 2.30. The highest BCUT2D eigenvalue weighted by Crippen LogP contribution is 2.36. The molecule has 6 heteroatoms. The molecule has 0 radical (unpaired) electrons. The van der Waals surface area contributed by atoms with E-state index in [4.69, 9.17) is 4.74 Å². The fourth-order valence-corrected chi connectivity index (χ4v) is 3.71. The lowest BCUT2D eigenvalue weighted by atomic mass is 9.86. The van der Waals surface area contributed by atoms with Gasteiger partial charge in [0.15, 0.2) is 0 Å². The largest absolute Gasteiger partial charge is 0.465 e. The molecule has 0 aromatic heterocycles. The van der Waals surface area contributed by atoms with E-state index in [1.54, 1.807) is 0 Å². The molecule has 1 aliphatic heterocycles. The lowest BCUT2D eigenvalue weighted by Crippen LogP contribution is -2.31. The molecule has 1 aromatic carbocycles. The number of amides is 1. The van der Waals surface area contributed by atoms with Crippen LogP contribution in [0.4, 0.5) is 0 Å². The summed E-state index contributed by atoms with van der Waals surface area (Å²) >= 11 is 1.16. The molecule has 1 atom stereocenters. The molecule has 1 heterocycles. The van der Waals surface area contributed by atoms with Crippen LogP contribution in [0.15, 0.2) is 34.9 Å². The Morgan fingerprint density at radius 3 is 2.67 bits per heavy atom. The number of nitrogens with zero attached hydrogens (tertiary/aromatic N) is 1. The van der Waals surface area contributed by atoms with E-state index in [2.05, 4.69) is 25.2 Å². The molecule has 144 valence electrons. The number of allylic oxidation sites excluding steroid dienone is 1. The lowest BCUT2D eigenvalue weighted by molar-refractivity contribution is -0.140. The van der Waals surface area contributed by atoms with Crippen LogP contribution in [0, 0.1) is 11.3 Å². The fraction of sp³-hybridized carbons (Fsp3) is 0.476. The molecule has 0 saturated carbocycles. The maximum absolute atomic E-state index is 12.2. The number of nitrogens with one attached hydrogen (secondary N) is 1. The first-order chi connectivity index (χ1) is 13.0. The molecule has 0 fully saturated rings. The van der Waals surface area contributed by atoms with Crippen LogP contribution in [0.25, 0.3) is 0 Å². The summed E-state index contributed by atoms with van der Waals surface area (Å²) in [6.45, 7) is 6.67. The van der Waals surface area contributed by atoms with Crippen molar-refractivity contribution in [1.82, 2.24) is 5.32 Å². The third-order valence-electron chi connectivity index (χ3n) is 4.46. The SMILES string of the molecule is CCCCOC(=O)CSC1=C(C#N)C(c2ccc(C(C)C)cc2)CC(=O)N1. The first-order valence-corrected chi connectivity index (χ1v) is 10.3. The summed E-state index contributed by atoms with van der Waals surface area (Å²) in [6.07, 6.45) is 2.01. The van der Waals surface area contributed by atoms with E-state index in [0.717, 1.165) is 30.2 Å². The normalized spacial score (nSPS) is 16.9. The van der Waals surface area contributed by atoms with Gasteiger partial charge < -0.3 is 10.1 Å². The standard InChI is InChI=1S/C21H26N2O3S/c1-4-5-10-26-20(25)13-27-21-18(12-22)17(11-19(24)23-21)16-8-6-15(7-9-16)14(2)3/h6-9,14,17H,4-5,10-11,13H2,1-3H3,(H,23,24). The molecule has 1 aromatic rings. The van der Waals surface area contributed by atoms with Crippen molar-refractivity contribution in [2.45, 2.75) is 51.9 Å². The average Bonchev–Trinajstić information content (AvgIpc) is 2.66. The van der Waals surface area contributed by atoms with Gasteiger partial charge in [-0.05, 0) is 23.5 Å². The minimum atomic E-state index is -0.337. The second-order valence-corrected chi connectivity index (χ2v) is 7.83. The summed E-state index contributed by atoms with van der Waals surface area (Å²) in [5, 5.41) is 12.9. The molecule has 0 saturated heterocycles. The third-order valence-corrected chi connectivity index (χ3v) is 5.45. The van der Waals surface area contributed by atoms with E-state index >= 15 is 0 Å². The molecule has 27 heavy (non-hydrogen) atoms. The van der Waals surface area contributed by atoms with E-state index in [0.29, 0.717) is 23.1 Å². The smallest absolute Gasteiger partial charge is 0.316 e. The minimum absolute atomic E-state index is 0.0729. The van der Waals surface area contributed by atoms with Crippen molar-refractivity contribution >= 4 is 23.6 Å². The number of hydrogen-bond acceptors (Lipinski definition) is 5. The zero-order valence-corrected chi connectivity index (χ0v) is 16.9. The van der Waals surface area contributed by atoms with Gasteiger partial charge in [0, 0.05) is 12.3 Å².